The minimum atomic E-state index is -0.336. The maximum absolute atomic E-state index is 11.5. The molecule has 102 valence electrons. The summed E-state index contributed by atoms with van der Waals surface area (Å²) in [5.74, 6) is -0.336. The third kappa shape index (κ3) is 3.96. The summed E-state index contributed by atoms with van der Waals surface area (Å²) in [6.45, 7) is 4.55. The van der Waals surface area contributed by atoms with Crippen LogP contribution >= 0.6 is 11.3 Å². The van der Waals surface area contributed by atoms with E-state index in [4.69, 9.17) is 9.47 Å². The van der Waals surface area contributed by atoms with Crippen molar-refractivity contribution in [3.63, 3.8) is 0 Å². The van der Waals surface area contributed by atoms with Crippen LogP contribution in [0.15, 0.2) is 0 Å². The fourth-order valence-corrected chi connectivity index (χ4v) is 2.62. The molecule has 1 atom stereocenters. The van der Waals surface area contributed by atoms with E-state index < -0.39 is 0 Å². The van der Waals surface area contributed by atoms with Crippen molar-refractivity contribution in [2.75, 3.05) is 26.1 Å². The molecular weight excluding hydrogens is 252 g/mol. The van der Waals surface area contributed by atoms with Gasteiger partial charge in [-0.3, -0.25) is 0 Å². The van der Waals surface area contributed by atoms with Crippen LogP contribution in [0, 0.1) is 6.92 Å². The molecule has 1 heterocycles. The topological polar surface area (TPSA) is 60.5 Å². The first kappa shape index (κ1) is 14.9. The Kier molecular flexibility index (Phi) is 6.07. The van der Waals surface area contributed by atoms with Crippen molar-refractivity contribution >= 4 is 22.4 Å². The number of aryl methyl sites for hydroxylation is 1. The number of hydrogen-bond acceptors (Lipinski definition) is 6. The van der Waals surface area contributed by atoms with E-state index in [1.165, 1.54) is 18.4 Å². The van der Waals surface area contributed by atoms with Crippen molar-refractivity contribution in [2.24, 2.45) is 0 Å². The van der Waals surface area contributed by atoms with E-state index in [2.05, 4.69) is 17.2 Å². The fraction of sp³-hybridized carbons (Fsp3) is 0.667. The minimum absolute atomic E-state index is 0.219. The lowest BCUT2D eigenvalue weighted by atomic mass is 10.2. The van der Waals surface area contributed by atoms with Crippen LogP contribution in [0.4, 0.5) is 5.13 Å². The lowest BCUT2D eigenvalue weighted by Gasteiger charge is -2.15. The van der Waals surface area contributed by atoms with E-state index in [9.17, 15) is 4.79 Å². The van der Waals surface area contributed by atoms with Gasteiger partial charge in [-0.05, 0) is 13.3 Å². The van der Waals surface area contributed by atoms with E-state index in [1.54, 1.807) is 14.0 Å². The average molecular weight is 272 g/mol. The highest BCUT2D eigenvalue weighted by Crippen LogP contribution is 2.24. The third-order valence-electron chi connectivity index (χ3n) is 2.50. The van der Waals surface area contributed by atoms with Crippen molar-refractivity contribution in [3.8, 4) is 0 Å². The molecule has 0 spiro atoms. The van der Waals surface area contributed by atoms with Gasteiger partial charge in [0.05, 0.1) is 25.5 Å². The zero-order valence-corrected chi connectivity index (χ0v) is 12.1. The molecule has 1 aromatic rings. The third-order valence-corrected chi connectivity index (χ3v) is 3.57. The minimum Gasteiger partial charge on any atom is -0.465 e. The molecule has 18 heavy (non-hydrogen) atoms. The number of carbonyl (C=O) groups is 1. The molecule has 0 aliphatic rings. The number of aromatic nitrogens is 1. The van der Waals surface area contributed by atoms with Crippen LogP contribution in [-0.2, 0) is 9.47 Å². The lowest BCUT2D eigenvalue weighted by molar-refractivity contribution is 0.0605. The van der Waals surface area contributed by atoms with Crippen molar-refractivity contribution in [2.45, 2.75) is 32.7 Å². The highest BCUT2D eigenvalue weighted by atomic mass is 32.1. The zero-order valence-electron chi connectivity index (χ0n) is 11.3. The van der Waals surface area contributed by atoms with Crippen molar-refractivity contribution in [1.82, 2.24) is 4.98 Å². The van der Waals surface area contributed by atoms with Gasteiger partial charge in [0.15, 0.2) is 5.13 Å². The number of esters is 1. The summed E-state index contributed by atoms with van der Waals surface area (Å²) in [7, 11) is 3.05. The van der Waals surface area contributed by atoms with Crippen LogP contribution in [0.2, 0.25) is 0 Å². The SMILES string of the molecule is CCCC(COC)Nc1nc(C)c(C(=O)OC)s1. The average Bonchev–Trinajstić information content (AvgIpc) is 2.70. The number of nitrogens with zero attached hydrogens (tertiary/aromatic N) is 1. The normalized spacial score (nSPS) is 12.2. The number of rotatable bonds is 7. The van der Waals surface area contributed by atoms with Crippen molar-refractivity contribution in [1.29, 1.82) is 0 Å². The number of methoxy groups -OCH3 is 2. The Labute approximate surface area is 112 Å². The van der Waals surface area contributed by atoms with Gasteiger partial charge in [0.2, 0.25) is 0 Å². The highest BCUT2D eigenvalue weighted by Gasteiger charge is 2.17. The molecule has 5 nitrogen and oxygen atoms in total. The van der Waals surface area contributed by atoms with Crippen LogP contribution in [0.1, 0.15) is 35.1 Å². The first-order valence-corrected chi connectivity index (χ1v) is 6.75. The van der Waals surface area contributed by atoms with Crippen molar-refractivity contribution in [3.05, 3.63) is 10.6 Å². The Hall–Kier alpha value is -1.14. The fourth-order valence-electron chi connectivity index (χ4n) is 1.66. The molecular formula is C12H20N2O3S. The highest BCUT2D eigenvalue weighted by molar-refractivity contribution is 7.17. The Morgan fingerprint density at radius 2 is 2.22 bits per heavy atom. The summed E-state index contributed by atoms with van der Waals surface area (Å²) in [5, 5.41) is 4.03. The number of ether oxygens (including phenoxy) is 2. The van der Waals surface area contributed by atoms with E-state index in [0.29, 0.717) is 17.2 Å². The largest absolute Gasteiger partial charge is 0.465 e. The van der Waals surface area contributed by atoms with E-state index in [1.807, 2.05) is 0 Å². The van der Waals surface area contributed by atoms with Gasteiger partial charge in [0, 0.05) is 7.11 Å². The Bertz CT molecular complexity index is 387. The summed E-state index contributed by atoms with van der Waals surface area (Å²) in [6.07, 6.45) is 2.06. The second-order valence-corrected chi connectivity index (χ2v) is 5.01. The van der Waals surface area contributed by atoms with Crippen LogP contribution in [0.3, 0.4) is 0 Å². The molecule has 1 aromatic heterocycles. The second-order valence-electron chi connectivity index (χ2n) is 4.01. The molecule has 0 aliphatic heterocycles. The van der Waals surface area contributed by atoms with Gasteiger partial charge >= 0.3 is 5.97 Å². The van der Waals surface area contributed by atoms with E-state index >= 15 is 0 Å². The van der Waals surface area contributed by atoms with Crippen LogP contribution in [0.5, 0.6) is 0 Å². The maximum atomic E-state index is 11.5. The molecule has 0 bridgehead atoms. The van der Waals surface area contributed by atoms with E-state index in [0.717, 1.165) is 18.0 Å². The van der Waals surface area contributed by atoms with Gasteiger partial charge in [-0.25, -0.2) is 9.78 Å². The van der Waals surface area contributed by atoms with Crippen LogP contribution in [0.25, 0.3) is 0 Å². The van der Waals surface area contributed by atoms with Gasteiger partial charge in [0.25, 0.3) is 0 Å². The van der Waals surface area contributed by atoms with Crippen LogP contribution in [-0.4, -0.2) is 37.8 Å². The van der Waals surface area contributed by atoms with Gasteiger partial charge < -0.3 is 14.8 Å². The second kappa shape index (κ2) is 7.33. The summed E-state index contributed by atoms with van der Waals surface area (Å²) in [4.78, 5) is 16.4. The Balaban J connectivity index is 2.74. The molecule has 0 fully saturated rings. The number of anilines is 1. The smallest absolute Gasteiger partial charge is 0.350 e. The molecule has 0 aromatic carbocycles. The van der Waals surface area contributed by atoms with Gasteiger partial charge in [-0.1, -0.05) is 24.7 Å². The molecule has 6 heteroatoms. The Morgan fingerprint density at radius 1 is 1.50 bits per heavy atom. The molecule has 0 amide bonds. The number of hydrogen-bond donors (Lipinski definition) is 1. The van der Waals surface area contributed by atoms with Crippen molar-refractivity contribution < 1.29 is 14.3 Å². The monoisotopic (exact) mass is 272 g/mol. The molecule has 1 unspecified atom stereocenters. The predicted molar refractivity (Wildman–Crippen MR) is 72.4 cm³/mol. The summed E-state index contributed by atoms with van der Waals surface area (Å²) in [6, 6.07) is 0.219. The molecule has 1 rings (SSSR count). The first-order valence-electron chi connectivity index (χ1n) is 5.93. The molecule has 0 aliphatic carbocycles. The van der Waals surface area contributed by atoms with Gasteiger partial charge in [0.1, 0.15) is 4.88 Å². The Morgan fingerprint density at radius 3 is 2.78 bits per heavy atom. The summed E-state index contributed by atoms with van der Waals surface area (Å²) in [5.41, 5.74) is 0.696. The predicted octanol–water partition coefficient (Wildman–Crippen LogP) is 2.47. The summed E-state index contributed by atoms with van der Waals surface area (Å²) < 4.78 is 9.87. The number of nitrogens with one attached hydrogen (secondary N) is 1. The molecule has 0 radical (unpaired) electrons. The maximum Gasteiger partial charge on any atom is 0.350 e. The number of carbonyl (C=O) groups excluding carboxylic acids is 1. The van der Waals surface area contributed by atoms with Gasteiger partial charge in [-0.2, -0.15) is 0 Å². The molecule has 0 saturated heterocycles. The quantitative estimate of drug-likeness (QED) is 0.773. The molecule has 0 saturated carbocycles. The lowest BCUT2D eigenvalue weighted by Crippen LogP contribution is -2.24. The standard InChI is InChI=1S/C12H20N2O3S/c1-5-6-9(7-16-3)14-12-13-8(2)10(18-12)11(15)17-4/h9H,5-7H2,1-4H3,(H,13,14). The first-order chi connectivity index (χ1) is 8.62. The van der Waals surface area contributed by atoms with Crippen LogP contribution < -0.4 is 5.32 Å². The van der Waals surface area contributed by atoms with Gasteiger partial charge in [-0.15, -0.1) is 0 Å². The van der Waals surface area contributed by atoms with E-state index in [-0.39, 0.29) is 12.0 Å². The number of thiazole rings is 1. The summed E-state index contributed by atoms with van der Waals surface area (Å²) >= 11 is 1.32. The zero-order chi connectivity index (χ0) is 13.5. The molecule has 1 N–H and O–H groups in total.